The van der Waals surface area contributed by atoms with Crippen LogP contribution >= 0.6 is 0 Å². The Bertz CT molecular complexity index is 301. The normalized spacial score (nSPS) is 9.50. The van der Waals surface area contributed by atoms with Crippen molar-refractivity contribution in [2.24, 2.45) is 5.92 Å². The maximum atomic E-state index is 9.37. The summed E-state index contributed by atoms with van der Waals surface area (Å²) in [6, 6.07) is 7.40. The van der Waals surface area contributed by atoms with Crippen molar-refractivity contribution in [3.63, 3.8) is 0 Å². The molecular formula is C13H20O3. The summed E-state index contributed by atoms with van der Waals surface area (Å²) in [7, 11) is 0. The molecule has 16 heavy (non-hydrogen) atoms. The number of phenolic OH excluding ortho intramolecular Hbond substituents is 1. The van der Waals surface area contributed by atoms with E-state index in [9.17, 15) is 4.79 Å². The molecule has 0 bridgehead atoms. The first-order valence-corrected chi connectivity index (χ1v) is 5.45. The van der Waals surface area contributed by atoms with E-state index in [4.69, 9.17) is 10.2 Å². The summed E-state index contributed by atoms with van der Waals surface area (Å²) in [6.07, 6.45) is 1.31. The Morgan fingerprint density at radius 1 is 1.25 bits per heavy atom. The SMILES string of the molecule is CC(C)Cc1ccc(O)cc1.CCC(=O)O. The quantitative estimate of drug-likeness (QED) is 0.829. The van der Waals surface area contributed by atoms with Crippen LogP contribution in [0.25, 0.3) is 0 Å². The summed E-state index contributed by atoms with van der Waals surface area (Å²) >= 11 is 0. The van der Waals surface area contributed by atoms with Crippen molar-refractivity contribution in [2.75, 3.05) is 0 Å². The van der Waals surface area contributed by atoms with Crippen LogP contribution in [-0.2, 0) is 11.2 Å². The van der Waals surface area contributed by atoms with Gasteiger partial charge in [0.1, 0.15) is 5.75 Å². The molecule has 0 aliphatic rings. The van der Waals surface area contributed by atoms with Gasteiger partial charge >= 0.3 is 5.97 Å². The maximum absolute atomic E-state index is 9.37. The number of aromatic hydroxyl groups is 1. The third-order valence-corrected chi connectivity index (χ3v) is 1.88. The van der Waals surface area contributed by atoms with Gasteiger partial charge in [-0.15, -0.1) is 0 Å². The highest BCUT2D eigenvalue weighted by molar-refractivity contribution is 5.66. The average Bonchev–Trinajstić information content (AvgIpc) is 2.22. The third kappa shape index (κ3) is 7.85. The second-order valence-corrected chi connectivity index (χ2v) is 4.01. The molecule has 1 aromatic rings. The second-order valence-electron chi connectivity index (χ2n) is 4.01. The van der Waals surface area contributed by atoms with Gasteiger partial charge in [0, 0.05) is 6.42 Å². The van der Waals surface area contributed by atoms with Crippen LogP contribution in [0.15, 0.2) is 24.3 Å². The Morgan fingerprint density at radius 3 is 2.00 bits per heavy atom. The largest absolute Gasteiger partial charge is 0.508 e. The van der Waals surface area contributed by atoms with Gasteiger partial charge < -0.3 is 10.2 Å². The molecule has 0 amide bonds. The minimum absolute atomic E-state index is 0.222. The van der Waals surface area contributed by atoms with Gasteiger partial charge in [-0.1, -0.05) is 32.9 Å². The van der Waals surface area contributed by atoms with Crippen LogP contribution in [0.2, 0.25) is 0 Å². The zero-order chi connectivity index (χ0) is 12.6. The summed E-state index contributed by atoms with van der Waals surface area (Å²) in [5, 5.41) is 16.7. The molecule has 0 heterocycles. The molecule has 90 valence electrons. The van der Waals surface area contributed by atoms with E-state index in [1.165, 1.54) is 5.56 Å². The number of carboxylic acid groups (broad SMARTS) is 1. The number of hydrogen-bond acceptors (Lipinski definition) is 2. The summed E-state index contributed by atoms with van der Waals surface area (Å²) in [6.45, 7) is 5.97. The van der Waals surface area contributed by atoms with E-state index in [0.717, 1.165) is 6.42 Å². The number of carbonyl (C=O) groups is 1. The van der Waals surface area contributed by atoms with Crippen molar-refractivity contribution in [3.8, 4) is 5.75 Å². The first-order chi connectivity index (χ1) is 7.45. The number of rotatable bonds is 3. The van der Waals surface area contributed by atoms with E-state index in [2.05, 4.69) is 13.8 Å². The highest BCUT2D eigenvalue weighted by Gasteiger charge is 1.96. The van der Waals surface area contributed by atoms with E-state index in [0.29, 0.717) is 11.7 Å². The Labute approximate surface area is 96.7 Å². The van der Waals surface area contributed by atoms with Crippen molar-refractivity contribution in [2.45, 2.75) is 33.6 Å². The molecule has 0 aromatic heterocycles. The zero-order valence-corrected chi connectivity index (χ0v) is 10.1. The van der Waals surface area contributed by atoms with Gasteiger partial charge in [-0.25, -0.2) is 0 Å². The maximum Gasteiger partial charge on any atom is 0.303 e. The van der Waals surface area contributed by atoms with Crippen LogP contribution in [0.3, 0.4) is 0 Å². The topological polar surface area (TPSA) is 57.5 Å². The molecule has 0 spiro atoms. The lowest BCUT2D eigenvalue weighted by Crippen LogP contribution is -1.92. The van der Waals surface area contributed by atoms with Crippen LogP contribution in [0, 0.1) is 5.92 Å². The standard InChI is InChI=1S/C10H14O.C3H6O2/c1-8(2)7-9-3-5-10(11)6-4-9;1-2-3(4)5/h3-6,8,11H,7H2,1-2H3;2H2,1H3,(H,4,5). The Kier molecular flexibility index (Phi) is 7.01. The lowest BCUT2D eigenvalue weighted by molar-refractivity contribution is -0.136. The summed E-state index contributed by atoms with van der Waals surface area (Å²) < 4.78 is 0. The fourth-order valence-corrected chi connectivity index (χ4v) is 1.10. The van der Waals surface area contributed by atoms with E-state index in [1.54, 1.807) is 19.1 Å². The number of phenols is 1. The van der Waals surface area contributed by atoms with Gasteiger partial charge in [-0.2, -0.15) is 0 Å². The molecule has 0 aliphatic heterocycles. The third-order valence-electron chi connectivity index (χ3n) is 1.88. The van der Waals surface area contributed by atoms with Crippen molar-refractivity contribution < 1.29 is 15.0 Å². The molecule has 0 radical (unpaired) electrons. The molecule has 0 atom stereocenters. The smallest absolute Gasteiger partial charge is 0.303 e. The fourth-order valence-electron chi connectivity index (χ4n) is 1.10. The Balaban J connectivity index is 0.000000385. The highest BCUT2D eigenvalue weighted by Crippen LogP contribution is 2.12. The predicted molar refractivity (Wildman–Crippen MR) is 64.6 cm³/mol. The molecule has 0 unspecified atom stereocenters. The minimum atomic E-state index is -0.745. The molecule has 1 rings (SSSR count). The molecule has 1 aromatic carbocycles. The molecule has 0 saturated carbocycles. The first kappa shape index (κ1) is 14.5. The van der Waals surface area contributed by atoms with Crippen LogP contribution in [0.1, 0.15) is 32.8 Å². The van der Waals surface area contributed by atoms with Gasteiger partial charge in [0.2, 0.25) is 0 Å². The van der Waals surface area contributed by atoms with E-state index >= 15 is 0 Å². The lowest BCUT2D eigenvalue weighted by Gasteiger charge is -2.03. The van der Waals surface area contributed by atoms with Gasteiger partial charge in [0.05, 0.1) is 0 Å². The van der Waals surface area contributed by atoms with Crippen molar-refractivity contribution in [3.05, 3.63) is 29.8 Å². The average molecular weight is 224 g/mol. The second kappa shape index (κ2) is 7.74. The van der Waals surface area contributed by atoms with Crippen molar-refractivity contribution in [1.29, 1.82) is 0 Å². The molecule has 3 nitrogen and oxygen atoms in total. The highest BCUT2D eigenvalue weighted by atomic mass is 16.4. The number of benzene rings is 1. The monoisotopic (exact) mass is 224 g/mol. The number of aliphatic carboxylic acids is 1. The first-order valence-electron chi connectivity index (χ1n) is 5.45. The van der Waals surface area contributed by atoms with Gasteiger partial charge in [0.15, 0.2) is 0 Å². The van der Waals surface area contributed by atoms with Gasteiger partial charge in [-0.3, -0.25) is 4.79 Å². The molecule has 0 fully saturated rings. The summed E-state index contributed by atoms with van der Waals surface area (Å²) in [5.41, 5.74) is 1.29. The van der Waals surface area contributed by atoms with E-state index < -0.39 is 5.97 Å². The number of hydrogen-bond donors (Lipinski definition) is 2. The lowest BCUT2D eigenvalue weighted by atomic mass is 10.0. The van der Waals surface area contributed by atoms with Crippen LogP contribution in [0.5, 0.6) is 5.75 Å². The van der Waals surface area contributed by atoms with E-state index in [1.807, 2.05) is 12.1 Å². The minimum Gasteiger partial charge on any atom is -0.508 e. The fraction of sp³-hybridized carbons (Fsp3) is 0.462. The van der Waals surface area contributed by atoms with Crippen LogP contribution in [-0.4, -0.2) is 16.2 Å². The van der Waals surface area contributed by atoms with Crippen LogP contribution in [0.4, 0.5) is 0 Å². The summed E-state index contributed by atoms with van der Waals surface area (Å²) in [5.74, 6) is 0.280. The van der Waals surface area contributed by atoms with Crippen LogP contribution < -0.4 is 0 Å². The molecule has 2 N–H and O–H groups in total. The zero-order valence-electron chi connectivity index (χ0n) is 10.1. The molecule has 0 saturated heterocycles. The van der Waals surface area contributed by atoms with Crippen molar-refractivity contribution >= 4 is 5.97 Å². The molecule has 3 heteroatoms. The molecule has 0 aliphatic carbocycles. The van der Waals surface area contributed by atoms with Gasteiger partial charge in [0.25, 0.3) is 0 Å². The van der Waals surface area contributed by atoms with E-state index in [-0.39, 0.29) is 6.42 Å². The predicted octanol–water partition coefficient (Wildman–Crippen LogP) is 3.07. The molecular weight excluding hydrogens is 204 g/mol. The summed E-state index contributed by atoms with van der Waals surface area (Å²) in [4.78, 5) is 9.37. The van der Waals surface area contributed by atoms with Gasteiger partial charge in [-0.05, 0) is 30.0 Å². The number of carboxylic acids is 1. The Hall–Kier alpha value is -1.51. The Morgan fingerprint density at radius 2 is 1.69 bits per heavy atom. The van der Waals surface area contributed by atoms with Crippen molar-refractivity contribution in [1.82, 2.24) is 0 Å².